The number of aliphatic hydroxyl groups is 1. The number of piperidine rings is 1. The van der Waals surface area contributed by atoms with Gasteiger partial charge in [-0.3, -0.25) is 0 Å². The molecule has 0 aliphatic carbocycles. The van der Waals surface area contributed by atoms with E-state index in [-0.39, 0.29) is 6.10 Å². The number of aryl methyl sites for hydroxylation is 2. The lowest BCUT2D eigenvalue weighted by Crippen LogP contribution is -2.36. The van der Waals surface area contributed by atoms with Crippen LogP contribution in [0.1, 0.15) is 42.1 Å². The lowest BCUT2D eigenvalue weighted by atomic mass is 9.97. The number of methoxy groups -OCH3 is 1. The summed E-state index contributed by atoms with van der Waals surface area (Å²) in [4.78, 5) is 2.47. The van der Waals surface area contributed by atoms with Crippen molar-refractivity contribution >= 4 is 0 Å². The second-order valence-electron chi connectivity index (χ2n) is 6.47. The van der Waals surface area contributed by atoms with Crippen molar-refractivity contribution in [2.75, 3.05) is 33.4 Å². The van der Waals surface area contributed by atoms with Crippen molar-refractivity contribution < 1.29 is 9.84 Å². The van der Waals surface area contributed by atoms with Gasteiger partial charge in [-0.15, -0.1) is 0 Å². The van der Waals surface area contributed by atoms with Crippen molar-refractivity contribution in [2.45, 2.75) is 39.2 Å². The van der Waals surface area contributed by atoms with Crippen molar-refractivity contribution in [3.8, 4) is 0 Å². The van der Waals surface area contributed by atoms with Crippen LogP contribution in [0, 0.1) is 19.8 Å². The van der Waals surface area contributed by atoms with Gasteiger partial charge in [-0.05, 0) is 57.7 Å². The van der Waals surface area contributed by atoms with Gasteiger partial charge in [0.25, 0.3) is 0 Å². The molecule has 3 nitrogen and oxygen atoms in total. The highest BCUT2D eigenvalue weighted by atomic mass is 16.5. The first kappa shape index (κ1) is 16.5. The molecular formula is C18H29NO2. The van der Waals surface area contributed by atoms with Crippen LogP contribution in [-0.4, -0.2) is 43.4 Å². The second kappa shape index (κ2) is 7.92. The van der Waals surface area contributed by atoms with E-state index in [1.165, 1.54) is 24.0 Å². The Morgan fingerprint density at radius 3 is 2.38 bits per heavy atom. The van der Waals surface area contributed by atoms with Crippen molar-refractivity contribution in [3.63, 3.8) is 0 Å². The summed E-state index contributed by atoms with van der Waals surface area (Å²) in [6.45, 7) is 8.31. The molecular weight excluding hydrogens is 262 g/mol. The van der Waals surface area contributed by atoms with Crippen molar-refractivity contribution in [3.05, 3.63) is 34.9 Å². The predicted molar refractivity (Wildman–Crippen MR) is 86.5 cm³/mol. The molecule has 1 aliphatic heterocycles. The first-order valence-corrected chi connectivity index (χ1v) is 8.06. The molecule has 1 aromatic rings. The van der Waals surface area contributed by atoms with E-state index in [9.17, 15) is 5.11 Å². The Balaban J connectivity index is 1.78. The minimum Gasteiger partial charge on any atom is -0.388 e. The monoisotopic (exact) mass is 291 g/mol. The Morgan fingerprint density at radius 2 is 1.81 bits per heavy atom. The van der Waals surface area contributed by atoms with Gasteiger partial charge in [0.15, 0.2) is 0 Å². The van der Waals surface area contributed by atoms with Crippen LogP contribution in [0.3, 0.4) is 0 Å². The van der Waals surface area contributed by atoms with Crippen LogP contribution in [0.25, 0.3) is 0 Å². The maximum Gasteiger partial charge on any atom is 0.0802 e. The zero-order valence-corrected chi connectivity index (χ0v) is 13.6. The SMILES string of the molecule is COCC1CCN(CCC(O)c2cc(C)cc(C)c2)CC1. The maximum absolute atomic E-state index is 10.4. The molecule has 0 saturated carbocycles. The van der Waals surface area contributed by atoms with Crippen molar-refractivity contribution in [2.24, 2.45) is 5.92 Å². The van der Waals surface area contributed by atoms with E-state index >= 15 is 0 Å². The van der Waals surface area contributed by atoms with Gasteiger partial charge >= 0.3 is 0 Å². The summed E-state index contributed by atoms with van der Waals surface area (Å²) in [5.74, 6) is 0.718. The highest BCUT2D eigenvalue weighted by Gasteiger charge is 2.19. The van der Waals surface area contributed by atoms with Gasteiger partial charge in [0, 0.05) is 20.3 Å². The molecule has 1 heterocycles. The Kier molecular flexibility index (Phi) is 6.22. The lowest BCUT2D eigenvalue weighted by molar-refractivity contribution is 0.0869. The number of nitrogens with zero attached hydrogens (tertiary/aromatic N) is 1. The largest absolute Gasteiger partial charge is 0.388 e. The van der Waals surface area contributed by atoms with Gasteiger partial charge in [-0.1, -0.05) is 29.3 Å². The van der Waals surface area contributed by atoms with Gasteiger partial charge in [0.2, 0.25) is 0 Å². The third kappa shape index (κ3) is 5.10. The average Bonchev–Trinajstić information content (AvgIpc) is 2.45. The number of hydrogen-bond donors (Lipinski definition) is 1. The summed E-state index contributed by atoms with van der Waals surface area (Å²) in [6.07, 6.45) is 2.90. The third-order valence-corrected chi connectivity index (χ3v) is 4.46. The minimum absolute atomic E-state index is 0.347. The number of likely N-dealkylation sites (tertiary alicyclic amines) is 1. The van der Waals surface area contributed by atoms with E-state index in [4.69, 9.17) is 4.74 Å². The summed E-state index contributed by atoms with van der Waals surface area (Å²) < 4.78 is 5.24. The molecule has 2 rings (SSSR count). The molecule has 3 heteroatoms. The van der Waals surface area contributed by atoms with Crippen LogP contribution < -0.4 is 0 Å². The van der Waals surface area contributed by atoms with E-state index in [1.54, 1.807) is 7.11 Å². The molecule has 1 saturated heterocycles. The molecule has 118 valence electrons. The second-order valence-corrected chi connectivity index (χ2v) is 6.47. The van der Waals surface area contributed by atoms with E-state index in [0.717, 1.165) is 44.1 Å². The van der Waals surface area contributed by atoms with Gasteiger partial charge in [-0.25, -0.2) is 0 Å². The Labute approximate surface area is 128 Å². The quantitative estimate of drug-likeness (QED) is 0.874. The fraction of sp³-hybridized carbons (Fsp3) is 0.667. The van der Waals surface area contributed by atoms with Gasteiger partial charge in [0.1, 0.15) is 0 Å². The Hall–Kier alpha value is -0.900. The molecule has 1 fully saturated rings. The highest BCUT2D eigenvalue weighted by Crippen LogP contribution is 2.22. The molecule has 0 radical (unpaired) electrons. The molecule has 0 aromatic heterocycles. The number of ether oxygens (including phenoxy) is 1. The fourth-order valence-electron chi connectivity index (χ4n) is 3.29. The fourth-order valence-corrected chi connectivity index (χ4v) is 3.29. The Bertz CT molecular complexity index is 419. The number of aliphatic hydroxyl groups excluding tert-OH is 1. The predicted octanol–water partition coefficient (Wildman–Crippen LogP) is 3.09. The zero-order valence-electron chi connectivity index (χ0n) is 13.6. The molecule has 1 aliphatic rings. The minimum atomic E-state index is -0.347. The van der Waals surface area contributed by atoms with Crippen LogP contribution in [0.2, 0.25) is 0 Å². The van der Waals surface area contributed by atoms with Gasteiger partial charge in [-0.2, -0.15) is 0 Å². The van der Waals surface area contributed by atoms with E-state index in [2.05, 4.69) is 36.9 Å². The van der Waals surface area contributed by atoms with E-state index < -0.39 is 0 Å². The molecule has 1 atom stereocenters. The number of hydrogen-bond acceptors (Lipinski definition) is 3. The summed E-state index contributed by atoms with van der Waals surface area (Å²) in [7, 11) is 1.78. The first-order chi connectivity index (χ1) is 10.1. The van der Waals surface area contributed by atoms with Crippen LogP contribution in [0.4, 0.5) is 0 Å². The van der Waals surface area contributed by atoms with Crippen molar-refractivity contribution in [1.29, 1.82) is 0 Å². The molecule has 21 heavy (non-hydrogen) atoms. The molecule has 0 spiro atoms. The van der Waals surface area contributed by atoms with Crippen LogP contribution >= 0.6 is 0 Å². The molecule has 1 aromatic carbocycles. The third-order valence-electron chi connectivity index (χ3n) is 4.46. The summed E-state index contributed by atoms with van der Waals surface area (Å²) in [6, 6.07) is 6.35. The van der Waals surface area contributed by atoms with E-state index in [0.29, 0.717) is 0 Å². The zero-order chi connectivity index (χ0) is 15.2. The molecule has 1 N–H and O–H groups in total. The maximum atomic E-state index is 10.4. The molecule has 0 amide bonds. The summed E-state index contributed by atoms with van der Waals surface area (Å²) in [5.41, 5.74) is 3.51. The number of benzene rings is 1. The summed E-state index contributed by atoms with van der Waals surface area (Å²) >= 11 is 0. The lowest BCUT2D eigenvalue weighted by Gasteiger charge is -2.32. The molecule has 0 bridgehead atoms. The van der Waals surface area contributed by atoms with Crippen molar-refractivity contribution in [1.82, 2.24) is 4.90 Å². The average molecular weight is 291 g/mol. The standard InChI is InChI=1S/C18H29NO2/c1-14-10-15(2)12-17(11-14)18(20)6-9-19-7-4-16(5-8-19)13-21-3/h10-12,16,18,20H,4-9,13H2,1-3H3. The van der Waals surface area contributed by atoms with Gasteiger partial charge < -0.3 is 14.7 Å². The van der Waals surface area contributed by atoms with E-state index in [1.807, 2.05) is 0 Å². The summed E-state index contributed by atoms with van der Waals surface area (Å²) in [5, 5.41) is 10.4. The van der Waals surface area contributed by atoms with Gasteiger partial charge in [0.05, 0.1) is 6.10 Å². The molecule has 1 unspecified atom stereocenters. The normalized spacial score (nSPS) is 18.9. The number of rotatable bonds is 6. The van der Waals surface area contributed by atoms with Crippen LogP contribution in [0.5, 0.6) is 0 Å². The van der Waals surface area contributed by atoms with Crippen LogP contribution in [-0.2, 0) is 4.74 Å². The highest BCUT2D eigenvalue weighted by molar-refractivity contribution is 5.29. The smallest absolute Gasteiger partial charge is 0.0802 e. The topological polar surface area (TPSA) is 32.7 Å². The first-order valence-electron chi connectivity index (χ1n) is 8.06. The van der Waals surface area contributed by atoms with Crippen LogP contribution in [0.15, 0.2) is 18.2 Å². The Morgan fingerprint density at radius 1 is 1.19 bits per heavy atom.